The van der Waals surface area contributed by atoms with E-state index < -0.39 is 0 Å². The maximum Gasteiger partial charge on any atom is 0.242 e. The van der Waals surface area contributed by atoms with Gasteiger partial charge in [-0.15, -0.1) is 0 Å². The van der Waals surface area contributed by atoms with Crippen LogP contribution in [0.25, 0.3) is 0 Å². The zero-order valence-electron chi connectivity index (χ0n) is 12.0. The molecule has 3 rings (SSSR count). The third kappa shape index (κ3) is 2.53. The molecule has 0 spiro atoms. The summed E-state index contributed by atoms with van der Waals surface area (Å²) in [5.74, 6) is 2.57. The topological polar surface area (TPSA) is 53.9 Å². The number of carbonyl (C=O) groups is 1. The number of hydrogen-bond acceptors (Lipinski definition) is 3. The molecule has 5 nitrogen and oxygen atoms in total. The van der Waals surface area contributed by atoms with E-state index in [0.717, 1.165) is 43.6 Å². The van der Waals surface area contributed by atoms with Gasteiger partial charge in [0.2, 0.25) is 5.91 Å². The molecule has 1 amide bonds. The van der Waals surface area contributed by atoms with E-state index in [2.05, 4.69) is 17.1 Å². The molecule has 20 heavy (non-hydrogen) atoms. The summed E-state index contributed by atoms with van der Waals surface area (Å²) in [6.07, 6.45) is 5.78. The average molecular weight is 294 g/mol. The molecule has 1 saturated heterocycles. The fourth-order valence-electron chi connectivity index (χ4n) is 3.60. The summed E-state index contributed by atoms with van der Waals surface area (Å²) in [5, 5.41) is 7.02. The lowest BCUT2D eigenvalue weighted by Gasteiger charge is -2.18. The number of hydrogen-bond donors (Lipinski definition) is 1. The maximum absolute atomic E-state index is 12.5. The number of carbonyl (C=O) groups excluding carboxylic acids is 1. The minimum absolute atomic E-state index is 0.189. The molecule has 2 heterocycles. The van der Waals surface area contributed by atoms with Crippen LogP contribution < -0.4 is 0 Å². The second kappa shape index (κ2) is 5.68. The van der Waals surface area contributed by atoms with E-state index in [1.54, 1.807) is 0 Å². The van der Waals surface area contributed by atoms with Gasteiger partial charge in [-0.3, -0.25) is 14.5 Å². The molecular weight excluding hydrogens is 272 g/mol. The van der Waals surface area contributed by atoms with Crippen LogP contribution in [0.3, 0.4) is 0 Å². The van der Waals surface area contributed by atoms with Crippen molar-refractivity contribution in [1.29, 1.82) is 0 Å². The molecular formula is C14H22N4OS. The number of rotatable bonds is 4. The monoisotopic (exact) mass is 294 g/mol. The summed E-state index contributed by atoms with van der Waals surface area (Å²) in [4.78, 5) is 14.5. The number of H-pyrrole nitrogens is 1. The lowest BCUT2D eigenvalue weighted by Crippen LogP contribution is -2.33. The van der Waals surface area contributed by atoms with E-state index in [9.17, 15) is 4.79 Å². The molecule has 2 unspecified atom stereocenters. The summed E-state index contributed by atoms with van der Waals surface area (Å²) in [6, 6.07) is 0. The molecule has 110 valence electrons. The molecule has 0 bridgehead atoms. The summed E-state index contributed by atoms with van der Waals surface area (Å²) in [6.45, 7) is 4.32. The van der Waals surface area contributed by atoms with Crippen LogP contribution >= 0.6 is 12.2 Å². The van der Waals surface area contributed by atoms with Crippen molar-refractivity contribution < 1.29 is 4.79 Å². The van der Waals surface area contributed by atoms with E-state index in [-0.39, 0.29) is 5.91 Å². The third-order valence-electron chi connectivity index (χ3n) is 4.68. The van der Waals surface area contributed by atoms with E-state index in [1.165, 1.54) is 19.3 Å². The zero-order chi connectivity index (χ0) is 14.1. The first-order valence-electron chi connectivity index (χ1n) is 7.61. The Labute approximate surface area is 124 Å². The number of nitrogens with one attached hydrogen (secondary N) is 1. The van der Waals surface area contributed by atoms with Crippen LogP contribution in [0.5, 0.6) is 0 Å². The normalized spacial score (nSPS) is 25.1. The lowest BCUT2D eigenvalue weighted by atomic mass is 10.0. The van der Waals surface area contributed by atoms with Crippen LogP contribution in [0.2, 0.25) is 0 Å². The largest absolute Gasteiger partial charge is 0.341 e. The number of nitrogens with zero attached hydrogens (tertiary/aromatic N) is 3. The van der Waals surface area contributed by atoms with Crippen LogP contribution in [-0.4, -0.2) is 38.7 Å². The van der Waals surface area contributed by atoms with Gasteiger partial charge in [0.15, 0.2) is 4.77 Å². The lowest BCUT2D eigenvalue weighted by molar-refractivity contribution is -0.131. The van der Waals surface area contributed by atoms with Gasteiger partial charge in [0.25, 0.3) is 0 Å². The summed E-state index contributed by atoms with van der Waals surface area (Å²) < 4.78 is 2.41. The average Bonchev–Trinajstić information content (AvgIpc) is 3.08. The van der Waals surface area contributed by atoms with Gasteiger partial charge in [-0.05, 0) is 43.3 Å². The fourth-order valence-corrected chi connectivity index (χ4v) is 3.82. The summed E-state index contributed by atoms with van der Waals surface area (Å²) in [5.41, 5.74) is 0. The maximum atomic E-state index is 12.5. The molecule has 1 saturated carbocycles. The van der Waals surface area contributed by atoms with Gasteiger partial charge in [0.05, 0.1) is 0 Å². The molecule has 1 aliphatic heterocycles. The number of aromatic nitrogens is 3. The van der Waals surface area contributed by atoms with Crippen molar-refractivity contribution in [2.24, 2.45) is 11.8 Å². The first-order valence-corrected chi connectivity index (χ1v) is 8.01. The Morgan fingerprint density at radius 3 is 2.75 bits per heavy atom. The third-order valence-corrected chi connectivity index (χ3v) is 4.99. The first kappa shape index (κ1) is 13.8. The predicted molar refractivity (Wildman–Crippen MR) is 78.8 cm³/mol. The molecule has 2 fully saturated rings. The van der Waals surface area contributed by atoms with Crippen molar-refractivity contribution >= 4 is 18.1 Å². The zero-order valence-corrected chi connectivity index (χ0v) is 12.8. The predicted octanol–water partition coefficient (Wildman–Crippen LogP) is 2.15. The van der Waals surface area contributed by atoms with Gasteiger partial charge in [-0.2, -0.15) is 5.10 Å². The van der Waals surface area contributed by atoms with Gasteiger partial charge in [0.1, 0.15) is 12.4 Å². The van der Waals surface area contributed by atoms with Crippen molar-refractivity contribution in [3.05, 3.63) is 10.6 Å². The Hall–Kier alpha value is -1.17. The molecule has 1 aromatic heterocycles. The van der Waals surface area contributed by atoms with Gasteiger partial charge < -0.3 is 4.90 Å². The fraction of sp³-hybridized carbons (Fsp3) is 0.786. The quantitative estimate of drug-likeness (QED) is 0.866. The Balaban J connectivity index is 1.67. The Bertz CT molecular complexity index is 538. The molecule has 1 aliphatic carbocycles. The van der Waals surface area contributed by atoms with Crippen molar-refractivity contribution in [1.82, 2.24) is 19.7 Å². The minimum Gasteiger partial charge on any atom is -0.341 e. The van der Waals surface area contributed by atoms with Crippen molar-refractivity contribution in [3.63, 3.8) is 0 Å². The first-order chi connectivity index (χ1) is 9.69. The van der Waals surface area contributed by atoms with Gasteiger partial charge in [0, 0.05) is 19.5 Å². The molecule has 2 aliphatic rings. The molecule has 1 N–H and O–H groups in total. The molecule has 2 atom stereocenters. The van der Waals surface area contributed by atoms with Gasteiger partial charge >= 0.3 is 0 Å². The molecule has 1 aromatic rings. The number of amides is 1. The summed E-state index contributed by atoms with van der Waals surface area (Å²) >= 11 is 5.23. The smallest absolute Gasteiger partial charge is 0.242 e. The molecule has 6 heteroatoms. The van der Waals surface area contributed by atoms with Crippen LogP contribution in [0.1, 0.15) is 38.4 Å². The second-order valence-corrected chi connectivity index (χ2v) is 6.42. The van der Waals surface area contributed by atoms with Gasteiger partial charge in [-0.1, -0.05) is 13.3 Å². The van der Waals surface area contributed by atoms with Crippen molar-refractivity contribution in [2.45, 2.75) is 45.6 Å². The van der Waals surface area contributed by atoms with E-state index in [4.69, 9.17) is 12.2 Å². The van der Waals surface area contributed by atoms with Crippen LogP contribution in [-0.2, 0) is 17.8 Å². The highest BCUT2D eigenvalue weighted by molar-refractivity contribution is 7.71. The SMILES string of the molecule is CCCc1n[nH]c(=S)n1CC(=O)N1CC2CCCC2C1. The van der Waals surface area contributed by atoms with E-state index in [0.29, 0.717) is 11.3 Å². The highest BCUT2D eigenvalue weighted by Crippen LogP contribution is 2.37. The second-order valence-electron chi connectivity index (χ2n) is 6.03. The van der Waals surface area contributed by atoms with E-state index >= 15 is 0 Å². The van der Waals surface area contributed by atoms with Crippen LogP contribution in [0.4, 0.5) is 0 Å². The van der Waals surface area contributed by atoms with Crippen LogP contribution in [0, 0.1) is 16.6 Å². The van der Waals surface area contributed by atoms with Gasteiger partial charge in [-0.25, -0.2) is 0 Å². The molecule has 0 radical (unpaired) electrons. The Morgan fingerprint density at radius 1 is 1.40 bits per heavy atom. The number of aryl methyl sites for hydroxylation is 1. The Kier molecular flexibility index (Phi) is 3.92. The standard InChI is InChI=1S/C14H22N4OS/c1-2-4-12-15-16-14(20)18(12)9-13(19)17-7-10-5-3-6-11(10)8-17/h10-11H,2-9H2,1H3,(H,16,20). The van der Waals surface area contributed by atoms with Crippen LogP contribution in [0.15, 0.2) is 0 Å². The highest BCUT2D eigenvalue weighted by Gasteiger charge is 2.37. The Morgan fingerprint density at radius 2 is 2.10 bits per heavy atom. The number of fused-ring (bicyclic) bond motifs is 1. The highest BCUT2D eigenvalue weighted by atomic mass is 32.1. The number of aromatic amines is 1. The van der Waals surface area contributed by atoms with E-state index in [1.807, 2.05) is 9.47 Å². The molecule has 0 aromatic carbocycles. The minimum atomic E-state index is 0.189. The number of likely N-dealkylation sites (tertiary alicyclic amines) is 1. The summed E-state index contributed by atoms with van der Waals surface area (Å²) in [7, 11) is 0. The van der Waals surface area contributed by atoms with Crippen molar-refractivity contribution in [3.8, 4) is 0 Å². The van der Waals surface area contributed by atoms with Crippen molar-refractivity contribution in [2.75, 3.05) is 13.1 Å².